The standard InChI is InChI=1S/C23H26ClN5O.ClH/c24-19-6-5-17(15-18(19)22-26-20-3-1-2-4-21(20)27-22)28-11-13-29(14-12-28)23(30)16-7-9-25-10-8-16;/h1-6,15-16,25H,7-14H2,(H,26,27);1H. The number of carbonyl (C=O) groups excluding carboxylic acids is 1. The lowest BCUT2D eigenvalue weighted by Crippen LogP contribution is -2.51. The van der Waals surface area contributed by atoms with Gasteiger partial charge < -0.3 is 20.1 Å². The number of rotatable bonds is 3. The second-order valence-corrected chi connectivity index (χ2v) is 8.51. The highest BCUT2D eigenvalue weighted by atomic mass is 35.5. The van der Waals surface area contributed by atoms with Crippen LogP contribution in [0.3, 0.4) is 0 Å². The van der Waals surface area contributed by atoms with Gasteiger partial charge >= 0.3 is 0 Å². The predicted octanol–water partition coefficient (Wildman–Crippen LogP) is 3.95. The first kappa shape index (κ1) is 21.9. The largest absolute Gasteiger partial charge is 0.368 e. The van der Waals surface area contributed by atoms with Gasteiger partial charge in [-0.1, -0.05) is 23.7 Å². The maximum atomic E-state index is 12.8. The van der Waals surface area contributed by atoms with E-state index in [-0.39, 0.29) is 18.3 Å². The van der Waals surface area contributed by atoms with Crippen LogP contribution in [0.25, 0.3) is 22.4 Å². The van der Waals surface area contributed by atoms with Gasteiger partial charge in [-0.2, -0.15) is 0 Å². The summed E-state index contributed by atoms with van der Waals surface area (Å²) in [7, 11) is 0. The maximum Gasteiger partial charge on any atom is 0.225 e. The molecule has 31 heavy (non-hydrogen) atoms. The van der Waals surface area contributed by atoms with E-state index in [1.165, 1.54) is 0 Å². The Kier molecular flexibility index (Phi) is 6.70. The number of hydrogen-bond acceptors (Lipinski definition) is 4. The van der Waals surface area contributed by atoms with Crippen LogP contribution in [0.5, 0.6) is 0 Å². The molecule has 2 saturated heterocycles. The van der Waals surface area contributed by atoms with Gasteiger partial charge in [0.2, 0.25) is 5.91 Å². The third-order valence-corrected chi connectivity index (χ3v) is 6.57. The minimum Gasteiger partial charge on any atom is -0.368 e. The Morgan fingerprint density at radius 1 is 1.03 bits per heavy atom. The van der Waals surface area contributed by atoms with Crippen molar-refractivity contribution in [2.45, 2.75) is 12.8 Å². The molecule has 0 radical (unpaired) electrons. The van der Waals surface area contributed by atoms with Crippen molar-refractivity contribution in [1.82, 2.24) is 20.2 Å². The molecule has 6 nitrogen and oxygen atoms in total. The minimum atomic E-state index is 0. The molecular weight excluding hydrogens is 433 g/mol. The highest BCUT2D eigenvalue weighted by molar-refractivity contribution is 6.33. The van der Waals surface area contributed by atoms with Crippen molar-refractivity contribution in [3.8, 4) is 11.4 Å². The molecule has 1 amide bonds. The van der Waals surface area contributed by atoms with Gasteiger partial charge in [-0.15, -0.1) is 12.4 Å². The summed E-state index contributed by atoms with van der Waals surface area (Å²) in [5.41, 5.74) is 3.94. The lowest BCUT2D eigenvalue weighted by Gasteiger charge is -2.38. The van der Waals surface area contributed by atoms with Crippen LogP contribution in [-0.2, 0) is 4.79 Å². The monoisotopic (exact) mass is 459 g/mol. The van der Waals surface area contributed by atoms with Crippen molar-refractivity contribution >= 4 is 46.6 Å². The zero-order valence-corrected chi connectivity index (χ0v) is 18.9. The fourth-order valence-corrected chi connectivity index (χ4v) is 4.69. The van der Waals surface area contributed by atoms with Crippen molar-refractivity contribution in [3.05, 3.63) is 47.5 Å². The molecule has 2 aliphatic heterocycles. The molecule has 164 valence electrons. The number of piperazine rings is 1. The van der Waals surface area contributed by atoms with E-state index in [1.807, 2.05) is 35.2 Å². The molecule has 3 aromatic rings. The summed E-state index contributed by atoms with van der Waals surface area (Å²) in [6.45, 7) is 5.10. The highest BCUT2D eigenvalue weighted by Gasteiger charge is 2.28. The lowest BCUT2D eigenvalue weighted by atomic mass is 9.96. The third kappa shape index (κ3) is 4.52. The van der Waals surface area contributed by atoms with Crippen LogP contribution in [0.15, 0.2) is 42.5 Å². The van der Waals surface area contributed by atoms with E-state index < -0.39 is 0 Å². The van der Waals surface area contributed by atoms with Gasteiger partial charge in [-0.05, 0) is 56.3 Å². The number of nitrogens with one attached hydrogen (secondary N) is 2. The molecule has 0 atom stereocenters. The Hall–Kier alpha value is -2.28. The Balaban J connectivity index is 0.00000231. The zero-order valence-electron chi connectivity index (χ0n) is 17.3. The third-order valence-electron chi connectivity index (χ3n) is 6.24. The first-order valence-corrected chi connectivity index (χ1v) is 11.1. The van der Waals surface area contributed by atoms with E-state index in [0.717, 1.165) is 80.2 Å². The molecule has 2 aromatic carbocycles. The molecule has 0 bridgehead atoms. The van der Waals surface area contributed by atoms with Crippen molar-refractivity contribution < 1.29 is 4.79 Å². The van der Waals surface area contributed by atoms with Gasteiger partial charge in [0.25, 0.3) is 0 Å². The highest BCUT2D eigenvalue weighted by Crippen LogP contribution is 2.32. The number of amides is 1. The van der Waals surface area contributed by atoms with E-state index in [1.54, 1.807) is 0 Å². The van der Waals surface area contributed by atoms with Crippen LogP contribution in [0.2, 0.25) is 5.02 Å². The first-order valence-electron chi connectivity index (χ1n) is 10.7. The molecule has 3 heterocycles. The number of benzene rings is 2. The molecule has 0 aliphatic carbocycles. The van der Waals surface area contributed by atoms with Gasteiger partial charge in [-0.25, -0.2) is 4.98 Å². The fourth-order valence-electron chi connectivity index (χ4n) is 4.48. The average Bonchev–Trinajstić information content (AvgIpc) is 3.24. The summed E-state index contributed by atoms with van der Waals surface area (Å²) in [5, 5.41) is 4.01. The van der Waals surface area contributed by atoms with Crippen LogP contribution in [-0.4, -0.2) is 60.0 Å². The topological polar surface area (TPSA) is 64.3 Å². The van der Waals surface area contributed by atoms with Gasteiger partial charge in [-0.3, -0.25) is 4.79 Å². The van der Waals surface area contributed by atoms with Crippen LogP contribution in [0.1, 0.15) is 12.8 Å². The Morgan fingerprint density at radius 3 is 2.52 bits per heavy atom. The SMILES string of the molecule is Cl.O=C(C1CCNCC1)N1CCN(c2ccc(Cl)c(-c3nc4ccccc4[nH]3)c2)CC1. The second kappa shape index (κ2) is 9.47. The number of carbonyl (C=O) groups is 1. The second-order valence-electron chi connectivity index (χ2n) is 8.10. The number of anilines is 1. The molecule has 0 saturated carbocycles. The molecule has 1 aromatic heterocycles. The summed E-state index contributed by atoms with van der Waals surface area (Å²) >= 11 is 6.51. The lowest BCUT2D eigenvalue weighted by molar-refractivity contribution is -0.136. The van der Waals surface area contributed by atoms with E-state index in [2.05, 4.69) is 27.3 Å². The van der Waals surface area contributed by atoms with Crippen molar-refractivity contribution in [3.63, 3.8) is 0 Å². The number of halogens is 2. The van der Waals surface area contributed by atoms with E-state index >= 15 is 0 Å². The van der Waals surface area contributed by atoms with Crippen molar-refractivity contribution in [1.29, 1.82) is 0 Å². The number of H-pyrrole nitrogens is 1. The number of piperidine rings is 1. The van der Waals surface area contributed by atoms with Gasteiger partial charge in [0.1, 0.15) is 5.82 Å². The number of imidazole rings is 1. The molecule has 8 heteroatoms. The molecule has 2 aliphatic rings. The molecule has 5 rings (SSSR count). The van der Waals surface area contributed by atoms with Crippen LogP contribution < -0.4 is 10.2 Å². The van der Waals surface area contributed by atoms with E-state index in [4.69, 9.17) is 16.6 Å². The normalized spacial score (nSPS) is 17.6. The number of nitrogens with zero attached hydrogens (tertiary/aromatic N) is 3. The number of aromatic nitrogens is 2. The van der Waals surface area contributed by atoms with Crippen molar-refractivity contribution in [2.75, 3.05) is 44.2 Å². The maximum absolute atomic E-state index is 12.8. The summed E-state index contributed by atoms with van der Waals surface area (Å²) in [6.07, 6.45) is 1.91. The van der Waals surface area contributed by atoms with E-state index in [0.29, 0.717) is 10.9 Å². The average molecular weight is 460 g/mol. The smallest absolute Gasteiger partial charge is 0.225 e. The minimum absolute atomic E-state index is 0. The molecule has 2 fully saturated rings. The molecule has 0 spiro atoms. The zero-order chi connectivity index (χ0) is 20.5. The molecule has 0 unspecified atom stereocenters. The van der Waals surface area contributed by atoms with Crippen LogP contribution >= 0.6 is 24.0 Å². The number of para-hydroxylation sites is 2. The summed E-state index contributed by atoms with van der Waals surface area (Å²) in [4.78, 5) is 25.3. The summed E-state index contributed by atoms with van der Waals surface area (Å²) in [5.74, 6) is 1.30. The van der Waals surface area contributed by atoms with Crippen molar-refractivity contribution in [2.24, 2.45) is 5.92 Å². The van der Waals surface area contributed by atoms with Gasteiger partial charge in [0, 0.05) is 43.3 Å². The first-order chi connectivity index (χ1) is 14.7. The van der Waals surface area contributed by atoms with Crippen LogP contribution in [0, 0.1) is 5.92 Å². The fraction of sp³-hybridized carbons (Fsp3) is 0.391. The Morgan fingerprint density at radius 2 is 1.77 bits per heavy atom. The predicted molar refractivity (Wildman–Crippen MR) is 128 cm³/mol. The Bertz CT molecular complexity index is 1020. The number of fused-ring (bicyclic) bond motifs is 1. The van der Waals surface area contributed by atoms with Gasteiger partial charge in [0.05, 0.1) is 16.1 Å². The van der Waals surface area contributed by atoms with E-state index in [9.17, 15) is 4.79 Å². The van der Waals surface area contributed by atoms with Gasteiger partial charge in [0.15, 0.2) is 0 Å². The summed E-state index contributed by atoms with van der Waals surface area (Å²) < 4.78 is 0. The summed E-state index contributed by atoms with van der Waals surface area (Å²) in [6, 6.07) is 14.1. The van der Waals surface area contributed by atoms with Crippen LogP contribution in [0.4, 0.5) is 5.69 Å². The Labute approximate surface area is 193 Å². The molecular formula is C23H27Cl2N5O. The number of aromatic amines is 1. The quantitative estimate of drug-likeness (QED) is 0.622. The number of hydrogen-bond donors (Lipinski definition) is 2. The molecule has 2 N–H and O–H groups in total.